The number of hydrogen-bond acceptors (Lipinski definition) is 10. The maximum absolute atomic E-state index is 8.74. The molecule has 0 aromatic carbocycles. The van der Waals surface area contributed by atoms with E-state index in [1.807, 2.05) is 13.8 Å². The van der Waals surface area contributed by atoms with Gasteiger partial charge in [-0.25, -0.2) is 8.42 Å². The van der Waals surface area contributed by atoms with Crippen LogP contribution in [0.5, 0.6) is 0 Å². The minimum atomic E-state index is -4.92. The van der Waals surface area contributed by atoms with Gasteiger partial charge in [-0.2, -0.15) is 8.42 Å². The molecule has 0 bridgehead atoms. The molecule has 0 aromatic heterocycles. The van der Waals surface area contributed by atoms with Crippen LogP contribution in [0.15, 0.2) is 0 Å². The van der Waals surface area contributed by atoms with Crippen molar-refractivity contribution in [3.8, 4) is 0 Å². The summed E-state index contributed by atoms with van der Waals surface area (Å²) in [5.74, 6) is 0. The molecule has 0 aliphatic heterocycles. The number of rotatable bonds is 56. The van der Waals surface area contributed by atoms with E-state index in [1.165, 1.54) is 315 Å². The standard InChI is InChI=1S/C38H79ClN.C14H31NO2.C10H23N.H5NSi.2H2O4S/c1-4-6-8-10-12-14-16-18-20-22-24-26-28-30-32-34-36-40(3,38-39)37-35-33-31-29-27-25-23-21-19-17-15-13-11-9-7-5-2;1-4-7-8-9-10-11-12-13-14-15(16-5-2)17-6-3;1-2-3-4-5-6-7-8-9-10-11;1-2;2*1-5(2,3)4/h4-38H2,1-3H3;4-14H2,1-3H3;2-11H2,1H3;1H2,2H3;2*(H2,1,2,3,4)/q+1;;;;;/p-1. The molecule has 0 unspecified atom stereocenters. The van der Waals surface area contributed by atoms with Crippen LogP contribution in [0, 0.1) is 0 Å². The average Bonchev–Trinajstić information content (AvgIpc) is 3.41. The van der Waals surface area contributed by atoms with Crippen LogP contribution in [0.2, 0.25) is 0 Å². The zero-order valence-corrected chi connectivity index (χ0v) is 58.7. The molecule has 0 fully saturated rings. The monoisotopic (exact) mass is 1230 g/mol. The van der Waals surface area contributed by atoms with Gasteiger partial charge in [-0.1, -0.05) is 314 Å². The first kappa shape index (κ1) is 91.2. The van der Waals surface area contributed by atoms with E-state index >= 15 is 0 Å². The molecule has 0 amide bonds. The Hall–Kier alpha value is 0.00688. The highest BCUT2D eigenvalue weighted by atomic mass is 35.5. The van der Waals surface area contributed by atoms with Crippen LogP contribution in [0.25, 0.3) is 0 Å². The van der Waals surface area contributed by atoms with Gasteiger partial charge in [0.1, 0.15) is 0 Å². The van der Waals surface area contributed by atoms with Crippen molar-refractivity contribution in [1.82, 2.24) is 5.23 Å². The molecule has 0 heterocycles. The van der Waals surface area contributed by atoms with Gasteiger partial charge in [0.2, 0.25) is 10.4 Å². The largest absolute Gasteiger partial charge is 0.726 e. The third kappa shape index (κ3) is 109. The van der Waals surface area contributed by atoms with E-state index in [4.69, 9.17) is 62.1 Å². The lowest BCUT2D eigenvalue weighted by Gasteiger charge is -2.32. The van der Waals surface area contributed by atoms with Gasteiger partial charge in [0, 0.05) is 0 Å². The summed E-state index contributed by atoms with van der Waals surface area (Å²) in [6, 6.07) is 0.789. The van der Waals surface area contributed by atoms with E-state index in [1.54, 1.807) is 5.23 Å². The maximum Gasteiger partial charge on any atom is 0.394 e. The van der Waals surface area contributed by atoms with Crippen molar-refractivity contribution < 1.29 is 49.2 Å². The lowest BCUT2D eigenvalue weighted by molar-refractivity contribution is -0.899. The minimum Gasteiger partial charge on any atom is -0.726 e. The van der Waals surface area contributed by atoms with Gasteiger partial charge in [-0.15, -0.1) is 0 Å². The third-order valence-corrected chi connectivity index (χ3v) is 14.8. The van der Waals surface area contributed by atoms with Crippen molar-refractivity contribution >= 4 is 42.8 Å². The minimum absolute atomic E-state index is 0.678. The van der Waals surface area contributed by atoms with Crippen LogP contribution in [0.3, 0.4) is 0 Å². The van der Waals surface area contributed by atoms with Crippen molar-refractivity contribution in [3.05, 3.63) is 0 Å². The van der Waals surface area contributed by atoms with Crippen molar-refractivity contribution in [2.75, 3.05) is 52.4 Å². The molecule has 7 N–H and O–H groups in total. The van der Waals surface area contributed by atoms with Gasteiger partial charge in [0.15, 0.2) is 6.00 Å². The van der Waals surface area contributed by atoms with Gasteiger partial charge in [0.05, 0.1) is 50.3 Å². The van der Waals surface area contributed by atoms with Gasteiger partial charge < -0.3 is 20.2 Å². The molecule has 0 aliphatic rings. The van der Waals surface area contributed by atoms with E-state index in [2.05, 4.69) is 40.1 Å². The lowest BCUT2D eigenvalue weighted by Crippen LogP contribution is -2.44. The van der Waals surface area contributed by atoms with Crippen LogP contribution < -0.4 is 11.1 Å². The Labute approximate surface area is 507 Å². The summed E-state index contributed by atoms with van der Waals surface area (Å²) in [4.78, 5) is 10.7. The molecule has 0 aromatic rings. The number of nitrogens with two attached hydrogens (primary N) is 2. The predicted molar refractivity (Wildman–Crippen MR) is 351 cm³/mol. The molecular weight excluding hydrogens is 1090 g/mol. The molecule has 80 heavy (non-hydrogen) atoms. The molecule has 0 radical (unpaired) electrons. The SMILES string of the molecule is CCCCCCCCCCCCCCCCCC[N+](C)(CCl)CCCCCCCCCCCCCCCCCC.CCCCCCCCCCN.CCCCCCCCCCN(OCC)OCC.N[SiH3].O=S(=O)(O)O.O=S(=O)([O-])O. The van der Waals surface area contributed by atoms with Crippen molar-refractivity contribution in [1.29, 1.82) is 0 Å². The Morgan fingerprint density at radius 2 is 0.575 bits per heavy atom. The zero-order chi connectivity index (χ0) is 61.4. The van der Waals surface area contributed by atoms with Gasteiger partial charge in [-0.05, 0) is 58.9 Å². The number of nitrogens with zero attached hydrogens (tertiary/aromatic N) is 2. The fraction of sp³-hybridized carbons (Fsp3) is 1.00. The summed E-state index contributed by atoms with van der Waals surface area (Å²) in [5, 5.41) is 6.27. The second-order valence-corrected chi connectivity index (χ2v) is 24.3. The van der Waals surface area contributed by atoms with Crippen molar-refractivity contribution in [2.45, 2.75) is 350 Å². The first-order chi connectivity index (χ1) is 38.4. The summed E-state index contributed by atoms with van der Waals surface area (Å²) < 4.78 is 65.5. The number of quaternary nitrogens is 1. The average molecular weight is 1230 g/mol. The Balaban J connectivity index is -0.000000276. The number of hydroxylamine groups is 2. The van der Waals surface area contributed by atoms with Crippen LogP contribution in [-0.2, 0) is 30.5 Å². The molecule has 0 atom stereocenters. The number of halogens is 1. The van der Waals surface area contributed by atoms with E-state index in [0.717, 1.165) is 40.4 Å². The number of alkyl halides is 1. The van der Waals surface area contributed by atoms with Crippen LogP contribution in [0.1, 0.15) is 350 Å². The topological polar surface area (TPSA) is 226 Å². The first-order valence-corrected chi connectivity index (χ1v) is 38.0. The first-order valence-electron chi connectivity index (χ1n) is 33.5. The van der Waals surface area contributed by atoms with Crippen molar-refractivity contribution in [3.63, 3.8) is 0 Å². The van der Waals surface area contributed by atoms with E-state index < -0.39 is 20.8 Å². The van der Waals surface area contributed by atoms with E-state index in [0.29, 0.717) is 13.2 Å². The second kappa shape index (κ2) is 79.0. The normalized spacial score (nSPS) is 11.4. The fourth-order valence-corrected chi connectivity index (χ4v) is 9.66. The van der Waals surface area contributed by atoms with E-state index in [-0.39, 0.29) is 0 Å². The highest BCUT2D eigenvalue weighted by Gasteiger charge is 2.19. The maximum atomic E-state index is 8.74. The molecular formula is C62H141ClN4O10S2Si. The number of hydrogen-bond donors (Lipinski definition) is 5. The molecule has 0 aliphatic carbocycles. The quantitative estimate of drug-likeness (QED) is 0.00559. The summed E-state index contributed by atoms with van der Waals surface area (Å²) >= 11 is 6.42. The highest BCUT2D eigenvalue weighted by Crippen LogP contribution is 2.18. The second-order valence-electron chi connectivity index (χ2n) is 22.3. The van der Waals surface area contributed by atoms with Gasteiger partial charge in [-0.3, -0.25) is 23.3 Å². The van der Waals surface area contributed by atoms with Gasteiger partial charge in [0.25, 0.3) is 0 Å². The van der Waals surface area contributed by atoms with Crippen molar-refractivity contribution in [2.24, 2.45) is 11.1 Å². The molecule has 0 saturated heterocycles. The Bertz CT molecular complexity index is 1210. The Kier molecular flexibility index (Phi) is 90.1. The summed E-state index contributed by atoms with van der Waals surface area (Å²) in [6.07, 6.45) is 67.9. The van der Waals surface area contributed by atoms with Crippen LogP contribution >= 0.6 is 11.6 Å². The lowest BCUT2D eigenvalue weighted by atomic mass is 10.0. The van der Waals surface area contributed by atoms with E-state index in [9.17, 15) is 0 Å². The predicted octanol–water partition coefficient (Wildman–Crippen LogP) is 18.1. The summed E-state index contributed by atoms with van der Waals surface area (Å²) in [7, 11) is -6.39. The fourth-order valence-electron chi connectivity index (χ4n) is 9.42. The Morgan fingerprint density at radius 1 is 0.400 bits per heavy atom. The smallest absolute Gasteiger partial charge is 0.394 e. The molecule has 492 valence electrons. The molecule has 14 nitrogen and oxygen atoms in total. The summed E-state index contributed by atoms with van der Waals surface area (Å²) in [6.45, 7) is 18.8. The molecule has 0 saturated carbocycles. The van der Waals surface area contributed by atoms with Crippen LogP contribution in [-0.4, -0.2) is 108 Å². The van der Waals surface area contributed by atoms with Gasteiger partial charge >= 0.3 is 10.4 Å². The third-order valence-electron chi connectivity index (χ3n) is 14.2. The molecule has 0 rings (SSSR count). The highest BCUT2D eigenvalue weighted by molar-refractivity contribution is 7.80. The molecule has 0 spiro atoms. The summed E-state index contributed by atoms with van der Waals surface area (Å²) in [5.41, 5.74) is 5.39. The van der Waals surface area contributed by atoms with Crippen LogP contribution in [0.4, 0.5) is 0 Å². The Morgan fingerprint density at radius 3 is 0.750 bits per heavy atom. The molecule has 18 heteroatoms. The number of unbranched alkanes of at least 4 members (excludes halogenated alkanes) is 44. The zero-order valence-electron chi connectivity index (χ0n) is 54.3.